The molecular weight excluding hydrogens is 653 g/mol. The molecule has 1 aromatic heterocycles. The van der Waals surface area contributed by atoms with Gasteiger partial charge < -0.3 is 20.3 Å². The molecule has 1 saturated carbocycles. The Balaban J connectivity index is 0.866. The summed E-state index contributed by atoms with van der Waals surface area (Å²) in [4.78, 5) is 54.4. The van der Waals surface area contributed by atoms with Crippen molar-refractivity contribution in [2.24, 2.45) is 5.92 Å². The fraction of sp³-hybridized carbons (Fsp3) is 0.526. The van der Waals surface area contributed by atoms with E-state index in [0.29, 0.717) is 47.3 Å². The van der Waals surface area contributed by atoms with Crippen molar-refractivity contribution in [3.8, 4) is 0 Å². The number of ether oxygens (including phenoxy) is 1. The van der Waals surface area contributed by atoms with E-state index in [9.17, 15) is 23.6 Å². The number of carbonyl (C=O) groups is 3. The molecule has 3 fully saturated rings. The summed E-state index contributed by atoms with van der Waals surface area (Å²) in [6.07, 6.45) is 9.10. The molecule has 2 aliphatic heterocycles. The fourth-order valence-electron chi connectivity index (χ4n) is 7.49. The predicted octanol–water partition coefficient (Wildman–Crippen LogP) is 3.57. The number of rotatable bonds is 12. The first-order chi connectivity index (χ1) is 24.7. The molecule has 0 atom stereocenters. The van der Waals surface area contributed by atoms with Crippen LogP contribution >= 0.6 is 0 Å². The van der Waals surface area contributed by atoms with Gasteiger partial charge in [-0.15, -0.1) is 0 Å². The highest BCUT2D eigenvalue weighted by Gasteiger charge is 2.31. The molecule has 0 radical (unpaired) electrons. The van der Waals surface area contributed by atoms with Crippen LogP contribution in [0.1, 0.15) is 79.4 Å². The Morgan fingerprint density at radius 2 is 1.55 bits per heavy atom. The lowest BCUT2D eigenvalue weighted by molar-refractivity contribution is -0.129. The highest BCUT2D eigenvalue weighted by atomic mass is 19.1. The molecule has 2 saturated heterocycles. The molecule has 3 heterocycles. The van der Waals surface area contributed by atoms with E-state index in [1.165, 1.54) is 18.6 Å². The maximum atomic E-state index is 14.6. The number of H-pyrrole nitrogens is 1. The summed E-state index contributed by atoms with van der Waals surface area (Å²) >= 11 is 0. The zero-order valence-corrected chi connectivity index (χ0v) is 29.1. The average molecular weight is 702 g/mol. The van der Waals surface area contributed by atoms with Crippen LogP contribution in [0.15, 0.2) is 47.3 Å². The maximum absolute atomic E-state index is 14.6. The molecule has 2 aromatic carbocycles. The Bertz CT molecular complexity index is 1780. The Morgan fingerprint density at radius 1 is 0.882 bits per heavy atom. The van der Waals surface area contributed by atoms with E-state index in [-0.39, 0.29) is 60.7 Å². The Hall–Kier alpha value is -4.49. The van der Waals surface area contributed by atoms with Crippen molar-refractivity contribution < 1.29 is 23.5 Å². The second-order valence-corrected chi connectivity index (χ2v) is 14.0. The normalized spacial score (nSPS) is 18.1. The second-order valence-electron chi connectivity index (χ2n) is 14.0. The Kier molecular flexibility index (Phi) is 12.2. The highest BCUT2D eigenvalue weighted by Crippen LogP contribution is 2.27. The molecule has 51 heavy (non-hydrogen) atoms. The zero-order valence-electron chi connectivity index (χ0n) is 29.1. The Labute approximate surface area is 297 Å². The van der Waals surface area contributed by atoms with Crippen LogP contribution in [0.3, 0.4) is 0 Å². The van der Waals surface area contributed by atoms with E-state index in [4.69, 9.17) is 10.1 Å². The number of fused-ring (bicyclic) bond motifs is 1. The molecule has 272 valence electrons. The molecular formula is C38H48FN7O5. The maximum Gasteiger partial charge on any atom is 0.272 e. The van der Waals surface area contributed by atoms with Crippen LogP contribution in [-0.2, 0) is 20.7 Å². The minimum atomic E-state index is -0.654. The number of hydrogen-bond acceptors (Lipinski definition) is 8. The van der Waals surface area contributed by atoms with Gasteiger partial charge in [0, 0.05) is 57.0 Å². The largest absolute Gasteiger partial charge is 0.375 e. The lowest BCUT2D eigenvalue weighted by Gasteiger charge is -2.37. The second kappa shape index (κ2) is 17.1. The molecule has 3 aromatic rings. The molecule has 0 unspecified atom stereocenters. The van der Waals surface area contributed by atoms with Gasteiger partial charge in [-0.2, -0.15) is 5.10 Å². The molecule has 0 spiro atoms. The van der Waals surface area contributed by atoms with Gasteiger partial charge in [-0.25, -0.2) is 9.49 Å². The number of likely N-dealkylation sites (tertiary alicyclic amines) is 2. The van der Waals surface area contributed by atoms with Gasteiger partial charge in [-0.1, -0.05) is 43.5 Å². The number of nitrogens with zero attached hydrogens (tertiary/aromatic N) is 3. The highest BCUT2D eigenvalue weighted by molar-refractivity contribution is 6.38. The van der Waals surface area contributed by atoms with Crippen molar-refractivity contribution in [3.05, 3.63) is 75.5 Å². The quantitative estimate of drug-likeness (QED) is 0.166. The summed E-state index contributed by atoms with van der Waals surface area (Å²) in [5.74, 6) is -1.36. The number of amides is 3. The van der Waals surface area contributed by atoms with Crippen LogP contribution in [0.2, 0.25) is 0 Å². The molecule has 3 amide bonds. The van der Waals surface area contributed by atoms with E-state index in [1.807, 2.05) is 11.0 Å². The zero-order chi connectivity index (χ0) is 35.7. The third-order valence-electron chi connectivity index (χ3n) is 10.4. The van der Waals surface area contributed by atoms with E-state index in [0.717, 1.165) is 64.5 Å². The number of carbonyl (C=O) groups excluding carboxylic acids is 3. The third kappa shape index (κ3) is 9.44. The van der Waals surface area contributed by atoms with Crippen molar-refractivity contribution in [2.45, 2.75) is 76.4 Å². The molecule has 12 nitrogen and oxygen atoms in total. The summed E-state index contributed by atoms with van der Waals surface area (Å²) < 4.78 is 21.0. The van der Waals surface area contributed by atoms with Crippen LogP contribution < -0.4 is 16.2 Å². The fourth-order valence-corrected chi connectivity index (χ4v) is 7.49. The van der Waals surface area contributed by atoms with Crippen molar-refractivity contribution in [2.75, 3.05) is 45.8 Å². The van der Waals surface area contributed by atoms with E-state index < -0.39 is 11.7 Å². The van der Waals surface area contributed by atoms with Gasteiger partial charge in [0.15, 0.2) is 0 Å². The smallest absolute Gasteiger partial charge is 0.272 e. The monoisotopic (exact) mass is 701 g/mol. The number of piperidine rings is 2. The van der Waals surface area contributed by atoms with Crippen LogP contribution in [0, 0.1) is 17.1 Å². The van der Waals surface area contributed by atoms with Gasteiger partial charge in [0.05, 0.1) is 41.1 Å². The summed E-state index contributed by atoms with van der Waals surface area (Å²) in [7, 11) is 0. The van der Waals surface area contributed by atoms with Crippen molar-refractivity contribution in [1.29, 1.82) is 5.41 Å². The van der Waals surface area contributed by atoms with Gasteiger partial charge in [0.2, 0.25) is 5.91 Å². The molecule has 3 aliphatic rings. The van der Waals surface area contributed by atoms with E-state index >= 15 is 0 Å². The predicted molar refractivity (Wildman–Crippen MR) is 191 cm³/mol. The van der Waals surface area contributed by atoms with E-state index in [1.54, 1.807) is 24.3 Å². The van der Waals surface area contributed by atoms with Crippen molar-refractivity contribution >= 4 is 34.2 Å². The lowest BCUT2D eigenvalue weighted by Crippen LogP contribution is -2.47. The number of benzene rings is 2. The number of hydrogen-bond donors (Lipinski definition) is 4. The van der Waals surface area contributed by atoms with Crippen molar-refractivity contribution in [1.82, 2.24) is 30.6 Å². The SMILES string of the molecule is N=C(C(=O)N1CCC(OC2CCN(CC(=O)NCCNC(=O)c3cc(Cc4n[nH]c(=O)c5ccccc45)ccc3F)CC2)CC1)C1CCCCC1. The van der Waals surface area contributed by atoms with Crippen LogP contribution in [0.25, 0.3) is 10.8 Å². The molecule has 13 heteroatoms. The van der Waals surface area contributed by atoms with E-state index in [2.05, 4.69) is 25.7 Å². The lowest BCUT2D eigenvalue weighted by atomic mass is 9.85. The van der Waals surface area contributed by atoms with Gasteiger partial charge >= 0.3 is 0 Å². The number of aromatic nitrogens is 2. The van der Waals surface area contributed by atoms with Gasteiger partial charge in [0.25, 0.3) is 17.4 Å². The van der Waals surface area contributed by atoms with Gasteiger partial charge in [0.1, 0.15) is 5.82 Å². The standard InChI is InChI=1S/C38H48FN7O5/c39-32-11-10-25(23-33-29-8-4-5-9-30(29)37(49)44-43-33)22-31(32)36(48)42-17-16-41-34(47)24-45-18-12-27(13-19-45)51-28-14-20-46(21-15-28)38(50)35(40)26-6-2-1-3-7-26/h4-5,8-11,22,26-28,40H,1-3,6-7,12-21,23-24H2,(H,41,47)(H,42,48)(H,44,49). The number of nitrogens with one attached hydrogen (secondary N) is 4. The summed E-state index contributed by atoms with van der Waals surface area (Å²) in [6.45, 7) is 3.34. The molecule has 4 N–H and O–H groups in total. The third-order valence-corrected chi connectivity index (χ3v) is 10.4. The summed E-state index contributed by atoms with van der Waals surface area (Å²) in [5.41, 5.74) is 1.17. The molecule has 6 rings (SSSR count). The molecule has 0 bridgehead atoms. The first kappa shape index (κ1) is 36.3. The summed E-state index contributed by atoms with van der Waals surface area (Å²) in [5, 5.41) is 21.8. The van der Waals surface area contributed by atoms with Gasteiger partial charge in [-0.05, 0) is 62.3 Å². The first-order valence-electron chi connectivity index (χ1n) is 18.3. The van der Waals surface area contributed by atoms with Crippen molar-refractivity contribution in [3.63, 3.8) is 0 Å². The minimum Gasteiger partial charge on any atom is -0.375 e. The summed E-state index contributed by atoms with van der Waals surface area (Å²) in [6, 6.07) is 11.4. The average Bonchev–Trinajstić information content (AvgIpc) is 3.16. The Morgan fingerprint density at radius 3 is 2.27 bits per heavy atom. The molecule has 1 aliphatic carbocycles. The number of halogens is 1. The first-order valence-corrected chi connectivity index (χ1v) is 18.3. The van der Waals surface area contributed by atoms with Crippen LogP contribution in [-0.4, -0.2) is 101 Å². The number of aromatic amines is 1. The van der Waals surface area contributed by atoms with Gasteiger partial charge in [-0.3, -0.25) is 29.5 Å². The minimum absolute atomic E-state index is 0.0967. The van der Waals surface area contributed by atoms with Crippen LogP contribution in [0.5, 0.6) is 0 Å². The van der Waals surface area contributed by atoms with Crippen LogP contribution in [0.4, 0.5) is 4.39 Å². The topological polar surface area (TPSA) is 161 Å².